The highest BCUT2D eigenvalue weighted by Crippen LogP contribution is 2.17. The van der Waals surface area contributed by atoms with Crippen LogP contribution in [0, 0.1) is 0 Å². The van der Waals surface area contributed by atoms with Gasteiger partial charge >= 0.3 is 0 Å². The Labute approximate surface area is 94.8 Å². The summed E-state index contributed by atoms with van der Waals surface area (Å²) in [5.41, 5.74) is 1.10. The maximum absolute atomic E-state index is 9.80. The van der Waals surface area contributed by atoms with Crippen LogP contribution in [0.25, 0.3) is 0 Å². The number of aliphatic hydroxyl groups excluding tert-OH is 3. The summed E-state index contributed by atoms with van der Waals surface area (Å²) in [6, 6.07) is 3.29. The largest absolute Gasteiger partial charge is 0.390 e. The van der Waals surface area contributed by atoms with Crippen molar-refractivity contribution in [1.82, 2.24) is 10.3 Å². The van der Waals surface area contributed by atoms with Gasteiger partial charge in [0, 0.05) is 11.8 Å². The highest BCUT2D eigenvalue weighted by Gasteiger charge is 2.17. The summed E-state index contributed by atoms with van der Waals surface area (Å²) >= 11 is 0. The number of rotatable bonds is 6. The zero-order valence-electron chi connectivity index (χ0n) is 9.30. The van der Waals surface area contributed by atoms with Crippen LogP contribution in [0.1, 0.15) is 23.8 Å². The monoisotopic (exact) mass is 226 g/mol. The van der Waals surface area contributed by atoms with Gasteiger partial charge in [-0.3, -0.25) is 4.98 Å². The van der Waals surface area contributed by atoms with Gasteiger partial charge in [0.15, 0.2) is 0 Å². The molecule has 0 radical (unpaired) electrons. The number of aromatic nitrogens is 1. The predicted octanol–water partition coefficient (Wildman–Crippen LogP) is -0.422. The Kier molecular flexibility index (Phi) is 5.34. The van der Waals surface area contributed by atoms with Gasteiger partial charge in [-0.1, -0.05) is 6.07 Å². The van der Waals surface area contributed by atoms with Crippen LogP contribution in [0.3, 0.4) is 0 Å². The molecule has 90 valence electrons. The quantitative estimate of drug-likeness (QED) is 0.529. The smallest absolute Gasteiger partial charge is 0.106 e. The normalized spacial score (nSPS) is 14.8. The van der Waals surface area contributed by atoms with E-state index in [1.165, 1.54) is 6.20 Å². The van der Waals surface area contributed by atoms with Crippen molar-refractivity contribution in [3.05, 3.63) is 29.6 Å². The van der Waals surface area contributed by atoms with E-state index in [4.69, 9.17) is 5.11 Å². The molecule has 1 aromatic rings. The van der Waals surface area contributed by atoms with Crippen molar-refractivity contribution < 1.29 is 15.3 Å². The fourth-order valence-electron chi connectivity index (χ4n) is 1.38. The number of pyridine rings is 1. The van der Waals surface area contributed by atoms with Gasteiger partial charge < -0.3 is 20.6 Å². The lowest BCUT2D eigenvalue weighted by Gasteiger charge is -2.17. The molecule has 5 nitrogen and oxygen atoms in total. The second kappa shape index (κ2) is 6.55. The standard InChI is InChI=1S/C11H18N2O3/c1-12-5-4-10(15)11(16)8-2-3-9(7-14)13-6-8/h2-3,6,10-12,14-16H,4-5,7H2,1H3. The first kappa shape index (κ1) is 13.1. The highest BCUT2D eigenvalue weighted by atomic mass is 16.3. The molecule has 0 bridgehead atoms. The first-order valence-corrected chi connectivity index (χ1v) is 5.25. The van der Waals surface area contributed by atoms with Crippen LogP contribution in [0.15, 0.2) is 18.3 Å². The summed E-state index contributed by atoms with van der Waals surface area (Å²) < 4.78 is 0. The fourth-order valence-corrected chi connectivity index (χ4v) is 1.38. The Morgan fingerprint density at radius 2 is 2.12 bits per heavy atom. The lowest BCUT2D eigenvalue weighted by Crippen LogP contribution is -2.23. The molecule has 16 heavy (non-hydrogen) atoms. The Morgan fingerprint density at radius 3 is 2.62 bits per heavy atom. The minimum atomic E-state index is -0.936. The van der Waals surface area contributed by atoms with E-state index in [-0.39, 0.29) is 6.61 Å². The molecule has 0 spiro atoms. The molecule has 1 rings (SSSR count). The minimum absolute atomic E-state index is 0.126. The Morgan fingerprint density at radius 1 is 1.38 bits per heavy atom. The van der Waals surface area contributed by atoms with Crippen LogP contribution >= 0.6 is 0 Å². The van der Waals surface area contributed by atoms with Crippen LogP contribution < -0.4 is 5.32 Å². The van der Waals surface area contributed by atoms with Crippen LogP contribution in [0.5, 0.6) is 0 Å². The van der Waals surface area contributed by atoms with Crippen molar-refractivity contribution in [2.45, 2.75) is 25.2 Å². The molecule has 4 N–H and O–H groups in total. The van der Waals surface area contributed by atoms with E-state index in [1.807, 2.05) is 0 Å². The maximum atomic E-state index is 9.80. The van der Waals surface area contributed by atoms with E-state index in [2.05, 4.69) is 10.3 Å². The van der Waals surface area contributed by atoms with E-state index in [0.29, 0.717) is 24.2 Å². The highest BCUT2D eigenvalue weighted by molar-refractivity contribution is 5.17. The fraction of sp³-hybridized carbons (Fsp3) is 0.545. The molecule has 0 aliphatic carbocycles. The van der Waals surface area contributed by atoms with Crippen molar-refractivity contribution >= 4 is 0 Å². The summed E-state index contributed by atoms with van der Waals surface area (Å²) in [6.07, 6.45) is 0.195. The van der Waals surface area contributed by atoms with Gasteiger partial charge in [-0.25, -0.2) is 0 Å². The third-order valence-corrected chi connectivity index (χ3v) is 2.41. The third-order valence-electron chi connectivity index (χ3n) is 2.41. The summed E-state index contributed by atoms with van der Waals surface area (Å²) in [6.45, 7) is 0.513. The van der Waals surface area contributed by atoms with Gasteiger partial charge in [0.2, 0.25) is 0 Å². The number of hydrogen-bond acceptors (Lipinski definition) is 5. The van der Waals surface area contributed by atoms with Gasteiger partial charge in [-0.15, -0.1) is 0 Å². The molecule has 0 aromatic carbocycles. The summed E-state index contributed by atoms with van der Waals surface area (Å²) in [5, 5.41) is 31.2. The Bertz CT molecular complexity index is 303. The van der Waals surface area contributed by atoms with Crippen molar-refractivity contribution in [2.75, 3.05) is 13.6 Å². The van der Waals surface area contributed by atoms with Gasteiger partial charge in [0.05, 0.1) is 18.4 Å². The molecule has 2 unspecified atom stereocenters. The third kappa shape index (κ3) is 3.53. The van der Waals surface area contributed by atoms with E-state index in [0.717, 1.165) is 0 Å². The average molecular weight is 226 g/mol. The van der Waals surface area contributed by atoms with Gasteiger partial charge in [-0.2, -0.15) is 0 Å². The molecule has 0 fully saturated rings. The predicted molar refractivity (Wildman–Crippen MR) is 59.7 cm³/mol. The van der Waals surface area contributed by atoms with E-state index >= 15 is 0 Å². The van der Waals surface area contributed by atoms with Crippen LogP contribution in [-0.2, 0) is 6.61 Å². The lowest BCUT2D eigenvalue weighted by molar-refractivity contribution is 0.0138. The van der Waals surface area contributed by atoms with E-state index in [1.54, 1.807) is 19.2 Å². The molecule has 1 heterocycles. The molecular formula is C11H18N2O3. The van der Waals surface area contributed by atoms with Crippen molar-refractivity contribution in [3.63, 3.8) is 0 Å². The number of nitrogens with zero attached hydrogens (tertiary/aromatic N) is 1. The second-order valence-electron chi connectivity index (χ2n) is 3.65. The van der Waals surface area contributed by atoms with E-state index in [9.17, 15) is 10.2 Å². The molecule has 2 atom stereocenters. The zero-order chi connectivity index (χ0) is 12.0. The van der Waals surface area contributed by atoms with Gasteiger partial charge in [0.1, 0.15) is 6.10 Å². The van der Waals surface area contributed by atoms with Crippen molar-refractivity contribution in [2.24, 2.45) is 0 Å². The van der Waals surface area contributed by atoms with Gasteiger partial charge in [0.25, 0.3) is 0 Å². The van der Waals surface area contributed by atoms with Crippen LogP contribution in [0.2, 0.25) is 0 Å². The average Bonchev–Trinajstić information content (AvgIpc) is 2.35. The molecule has 0 aliphatic rings. The Balaban J connectivity index is 2.60. The minimum Gasteiger partial charge on any atom is -0.390 e. The molecule has 1 aromatic heterocycles. The van der Waals surface area contributed by atoms with Crippen LogP contribution in [0.4, 0.5) is 0 Å². The molecule has 5 heteroatoms. The van der Waals surface area contributed by atoms with Crippen LogP contribution in [-0.4, -0.2) is 40.0 Å². The van der Waals surface area contributed by atoms with Crippen molar-refractivity contribution in [1.29, 1.82) is 0 Å². The first-order chi connectivity index (χ1) is 7.69. The first-order valence-electron chi connectivity index (χ1n) is 5.25. The summed E-state index contributed by atoms with van der Waals surface area (Å²) in [4.78, 5) is 3.94. The lowest BCUT2D eigenvalue weighted by atomic mass is 10.0. The van der Waals surface area contributed by atoms with E-state index < -0.39 is 12.2 Å². The zero-order valence-corrected chi connectivity index (χ0v) is 9.30. The molecule has 0 saturated heterocycles. The topological polar surface area (TPSA) is 85.6 Å². The second-order valence-corrected chi connectivity index (χ2v) is 3.65. The summed E-state index contributed by atoms with van der Waals surface area (Å²) in [5.74, 6) is 0. The van der Waals surface area contributed by atoms with Gasteiger partial charge in [-0.05, 0) is 26.1 Å². The molecule has 0 amide bonds. The SMILES string of the molecule is CNCCC(O)C(O)c1ccc(CO)nc1. The maximum Gasteiger partial charge on any atom is 0.106 e. The molecule has 0 saturated carbocycles. The Hall–Kier alpha value is -1.01. The number of aliphatic hydroxyl groups is 3. The van der Waals surface area contributed by atoms with Crippen molar-refractivity contribution in [3.8, 4) is 0 Å². The molecule has 0 aliphatic heterocycles. The summed E-state index contributed by atoms with van der Waals surface area (Å²) in [7, 11) is 1.79. The number of nitrogens with one attached hydrogen (secondary N) is 1. The number of hydrogen-bond donors (Lipinski definition) is 4. The molecular weight excluding hydrogens is 208 g/mol.